The maximum atomic E-state index is 11.9. The van der Waals surface area contributed by atoms with Crippen LogP contribution in [0.5, 0.6) is 0 Å². The van der Waals surface area contributed by atoms with Crippen molar-refractivity contribution in [2.24, 2.45) is 5.92 Å². The molecule has 3 atom stereocenters. The molecule has 6 heteroatoms. The molecular formula is C40H70O6. The van der Waals surface area contributed by atoms with Crippen LogP contribution in [0.1, 0.15) is 162 Å². The predicted molar refractivity (Wildman–Crippen MR) is 193 cm³/mol. The fourth-order valence-electron chi connectivity index (χ4n) is 4.95. The molecule has 0 heterocycles. The number of rotatable bonds is 32. The van der Waals surface area contributed by atoms with E-state index in [0.29, 0.717) is 19.3 Å². The molecule has 0 spiro atoms. The number of carbonyl (C=O) groups is 2. The average Bonchev–Trinajstić information content (AvgIpc) is 3.04. The summed E-state index contributed by atoms with van der Waals surface area (Å²) < 4.78 is 10.3. The Hall–Kier alpha value is -2.18. The minimum atomic E-state index is -0.995. The zero-order valence-corrected chi connectivity index (χ0v) is 29.8. The number of ether oxygens (including phenoxy) is 2. The summed E-state index contributed by atoms with van der Waals surface area (Å²) in [7, 11) is 0. The van der Waals surface area contributed by atoms with E-state index in [9.17, 15) is 19.8 Å². The van der Waals surface area contributed by atoms with E-state index in [1.165, 1.54) is 57.8 Å². The molecule has 0 aromatic carbocycles. The van der Waals surface area contributed by atoms with Crippen LogP contribution in [-0.4, -0.2) is 47.6 Å². The van der Waals surface area contributed by atoms with Crippen molar-refractivity contribution < 1.29 is 29.3 Å². The molecule has 0 fully saturated rings. The molecule has 0 radical (unpaired) electrons. The van der Waals surface area contributed by atoms with Gasteiger partial charge in [0.15, 0.2) is 0 Å². The highest BCUT2D eigenvalue weighted by atomic mass is 16.6. The van der Waals surface area contributed by atoms with Gasteiger partial charge in [0, 0.05) is 12.8 Å². The molecule has 0 saturated carbocycles. The van der Waals surface area contributed by atoms with Crippen molar-refractivity contribution in [1.82, 2.24) is 0 Å². The Labute approximate surface area is 282 Å². The van der Waals surface area contributed by atoms with E-state index in [0.717, 1.165) is 70.1 Å². The number of esters is 2. The van der Waals surface area contributed by atoms with Gasteiger partial charge in [-0.05, 0) is 57.3 Å². The van der Waals surface area contributed by atoms with Gasteiger partial charge in [-0.15, -0.1) is 0 Å². The first-order chi connectivity index (χ1) is 22.4. The lowest BCUT2D eigenvalue weighted by molar-refractivity contribution is -0.152. The summed E-state index contributed by atoms with van der Waals surface area (Å²) in [6.45, 7) is 6.40. The van der Waals surface area contributed by atoms with Crippen molar-refractivity contribution in [3.63, 3.8) is 0 Å². The highest BCUT2D eigenvalue weighted by Gasteiger charge is 2.12. The second kappa shape index (κ2) is 34.2. The van der Waals surface area contributed by atoms with Crippen molar-refractivity contribution in [3.8, 4) is 0 Å². The van der Waals surface area contributed by atoms with Gasteiger partial charge in [-0.3, -0.25) is 9.59 Å². The first-order valence-corrected chi connectivity index (χ1v) is 18.7. The summed E-state index contributed by atoms with van der Waals surface area (Å²) in [5.74, 6) is 0.222. The lowest BCUT2D eigenvalue weighted by Crippen LogP contribution is -2.25. The zero-order valence-electron chi connectivity index (χ0n) is 29.8. The van der Waals surface area contributed by atoms with Gasteiger partial charge >= 0.3 is 11.9 Å². The summed E-state index contributed by atoms with van der Waals surface area (Å²) >= 11 is 0. The molecule has 0 amide bonds. The van der Waals surface area contributed by atoms with E-state index in [2.05, 4.69) is 69.4 Å². The molecule has 0 aliphatic carbocycles. The number of hydrogen-bond donors (Lipinski definition) is 2. The second-order valence-corrected chi connectivity index (χ2v) is 12.8. The molecule has 0 bridgehead atoms. The van der Waals surface area contributed by atoms with Gasteiger partial charge in [0.2, 0.25) is 0 Å². The minimum absolute atomic E-state index is 0.142. The molecule has 0 aliphatic heterocycles. The van der Waals surface area contributed by atoms with Crippen LogP contribution in [0.4, 0.5) is 0 Å². The van der Waals surface area contributed by atoms with Gasteiger partial charge in [-0.25, -0.2) is 0 Å². The van der Waals surface area contributed by atoms with Crippen LogP contribution in [-0.2, 0) is 19.1 Å². The van der Waals surface area contributed by atoms with Crippen LogP contribution in [0, 0.1) is 5.92 Å². The van der Waals surface area contributed by atoms with E-state index in [1.807, 2.05) is 0 Å². The van der Waals surface area contributed by atoms with Gasteiger partial charge in [0.05, 0.1) is 6.10 Å². The van der Waals surface area contributed by atoms with Gasteiger partial charge in [0.25, 0.3) is 0 Å². The average molecular weight is 647 g/mol. The fraction of sp³-hybridized carbons (Fsp3) is 0.750. The van der Waals surface area contributed by atoms with E-state index in [-0.39, 0.29) is 31.3 Å². The Morgan fingerprint density at radius 1 is 0.565 bits per heavy atom. The maximum absolute atomic E-state index is 11.9. The smallest absolute Gasteiger partial charge is 0.305 e. The third-order valence-corrected chi connectivity index (χ3v) is 8.16. The minimum Gasteiger partial charge on any atom is -0.463 e. The van der Waals surface area contributed by atoms with Crippen molar-refractivity contribution >= 4 is 11.9 Å². The van der Waals surface area contributed by atoms with E-state index in [1.54, 1.807) is 0 Å². The quantitative estimate of drug-likeness (QED) is 0.0429. The highest BCUT2D eigenvalue weighted by molar-refractivity contribution is 5.69. The molecule has 2 N–H and O–H groups in total. The molecule has 266 valence electrons. The number of hydrogen-bond acceptors (Lipinski definition) is 6. The molecule has 2 unspecified atom stereocenters. The highest BCUT2D eigenvalue weighted by Crippen LogP contribution is 2.15. The fourth-order valence-corrected chi connectivity index (χ4v) is 4.95. The third kappa shape index (κ3) is 33.2. The molecule has 0 aliphatic rings. The molecular weight excluding hydrogens is 576 g/mol. The normalized spacial score (nSPS) is 14.1. The number of aliphatic hydroxyl groups is 2. The summed E-state index contributed by atoms with van der Waals surface area (Å²) in [4.78, 5) is 23.9. The zero-order chi connectivity index (χ0) is 33.9. The number of allylic oxidation sites excluding steroid dienone is 7. The largest absolute Gasteiger partial charge is 0.463 e. The van der Waals surface area contributed by atoms with Crippen LogP contribution in [0.2, 0.25) is 0 Å². The van der Waals surface area contributed by atoms with Crippen LogP contribution in [0.15, 0.2) is 48.6 Å². The van der Waals surface area contributed by atoms with E-state index >= 15 is 0 Å². The monoisotopic (exact) mass is 647 g/mol. The van der Waals surface area contributed by atoms with E-state index < -0.39 is 6.10 Å². The molecule has 0 saturated heterocycles. The van der Waals surface area contributed by atoms with E-state index in [4.69, 9.17) is 9.47 Å². The second-order valence-electron chi connectivity index (χ2n) is 12.8. The number of unbranched alkanes of at least 4 members (excludes halogenated alkanes) is 10. The Morgan fingerprint density at radius 3 is 1.54 bits per heavy atom. The summed E-state index contributed by atoms with van der Waals surface area (Å²) in [5, 5.41) is 19.7. The van der Waals surface area contributed by atoms with Crippen LogP contribution < -0.4 is 0 Å². The Balaban J connectivity index is 3.59. The Kier molecular flexibility index (Phi) is 32.5. The Morgan fingerprint density at radius 2 is 1.02 bits per heavy atom. The lowest BCUT2D eigenvalue weighted by Gasteiger charge is -2.12. The van der Waals surface area contributed by atoms with Gasteiger partial charge in [0.1, 0.15) is 19.3 Å². The Bertz CT molecular complexity index is 815. The van der Waals surface area contributed by atoms with Gasteiger partial charge in [-0.2, -0.15) is 0 Å². The molecule has 46 heavy (non-hydrogen) atoms. The van der Waals surface area contributed by atoms with Crippen molar-refractivity contribution in [1.29, 1.82) is 0 Å². The SMILES string of the molecule is CCCC(O)C/C=C\C/C=C\C/C=C\C/C=C\CCCC(=O)OC[C@H](O)COC(=O)CCCCCCCCCCCCC(C)CC. The van der Waals surface area contributed by atoms with Crippen molar-refractivity contribution in [2.45, 2.75) is 174 Å². The van der Waals surface area contributed by atoms with Gasteiger partial charge < -0.3 is 19.7 Å². The first-order valence-electron chi connectivity index (χ1n) is 18.7. The first kappa shape index (κ1) is 43.8. The molecule has 6 nitrogen and oxygen atoms in total. The number of aliphatic hydroxyl groups excluding tert-OH is 2. The van der Waals surface area contributed by atoms with Crippen LogP contribution >= 0.6 is 0 Å². The molecule has 0 aromatic rings. The van der Waals surface area contributed by atoms with Crippen molar-refractivity contribution in [3.05, 3.63) is 48.6 Å². The summed E-state index contributed by atoms with van der Waals surface area (Å²) in [6, 6.07) is 0. The van der Waals surface area contributed by atoms with Gasteiger partial charge in [-0.1, -0.05) is 146 Å². The summed E-state index contributed by atoms with van der Waals surface area (Å²) in [5.41, 5.74) is 0. The standard InChI is InChI=1S/C40H70O6/c1-4-29-37(41)31-26-22-18-14-9-7-6-8-10-15-19-23-27-32-39(43)45-34-38(42)35-46-40(44)33-28-24-20-16-12-11-13-17-21-25-30-36(3)5-2/h6,8-9,14-15,19,22,26,36-38,41-42H,4-5,7,10-13,16-18,20-21,23-25,27-35H2,1-3H3/b8-6-,14-9-,19-15-,26-22-/t36?,37?,38-/m0/s1. The maximum Gasteiger partial charge on any atom is 0.305 e. The predicted octanol–water partition coefficient (Wildman–Crippen LogP) is 10.3. The lowest BCUT2D eigenvalue weighted by atomic mass is 9.99. The molecule has 0 rings (SSSR count). The van der Waals surface area contributed by atoms with Crippen LogP contribution in [0.25, 0.3) is 0 Å². The molecule has 0 aromatic heterocycles. The van der Waals surface area contributed by atoms with Crippen molar-refractivity contribution in [2.75, 3.05) is 13.2 Å². The number of carbonyl (C=O) groups excluding carboxylic acids is 2. The summed E-state index contributed by atoms with van der Waals surface area (Å²) in [6.07, 6.45) is 37.9. The topological polar surface area (TPSA) is 93.1 Å². The van der Waals surface area contributed by atoms with Crippen LogP contribution in [0.3, 0.4) is 0 Å². The third-order valence-electron chi connectivity index (χ3n) is 8.16.